The molecular weight excluding hydrogens is 295 g/mol. The fourth-order valence-corrected chi connectivity index (χ4v) is 1.72. The van der Waals surface area contributed by atoms with Crippen molar-refractivity contribution in [1.82, 2.24) is 0 Å². The van der Waals surface area contributed by atoms with Gasteiger partial charge < -0.3 is 10.1 Å². The van der Waals surface area contributed by atoms with Crippen LogP contribution in [0.4, 0.5) is 18.9 Å². The number of carbonyl (C=O) groups excluding carboxylic acids is 1. The summed E-state index contributed by atoms with van der Waals surface area (Å²) in [7, 11) is 0. The Bertz CT molecular complexity index is 733. The maximum Gasteiger partial charge on any atom is 0.573 e. The van der Waals surface area contributed by atoms with Crippen LogP contribution >= 0.6 is 0 Å². The van der Waals surface area contributed by atoms with E-state index in [4.69, 9.17) is 6.42 Å². The number of alkyl halides is 3. The molecule has 0 unspecified atom stereocenters. The number of rotatable bonds is 3. The van der Waals surface area contributed by atoms with Crippen LogP contribution in [0.5, 0.6) is 5.75 Å². The molecule has 0 aliphatic carbocycles. The van der Waals surface area contributed by atoms with Gasteiger partial charge in [-0.2, -0.15) is 0 Å². The second-order valence-electron chi connectivity index (χ2n) is 4.25. The molecule has 2 rings (SSSR count). The summed E-state index contributed by atoms with van der Waals surface area (Å²) in [6.07, 6.45) is 0.444. The second-order valence-corrected chi connectivity index (χ2v) is 4.25. The van der Waals surface area contributed by atoms with Crippen LogP contribution in [0.1, 0.15) is 15.9 Å². The van der Waals surface area contributed by atoms with Crippen molar-refractivity contribution < 1.29 is 22.7 Å². The van der Waals surface area contributed by atoms with Crippen LogP contribution in [0.15, 0.2) is 48.5 Å². The lowest BCUT2D eigenvalue weighted by Crippen LogP contribution is -2.18. The SMILES string of the molecule is C#Cc1cccc(NC(=O)c2cccc(OC(F)(F)F)c2)c1. The quantitative estimate of drug-likeness (QED) is 0.876. The summed E-state index contributed by atoms with van der Waals surface area (Å²) < 4.78 is 40.3. The van der Waals surface area contributed by atoms with Crippen molar-refractivity contribution in [2.45, 2.75) is 6.36 Å². The van der Waals surface area contributed by atoms with Crippen LogP contribution in [-0.4, -0.2) is 12.3 Å². The molecule has 0 radical (unpaired) electrons. The zero-order valence-electron chi connectivity index (χ0n) is 11.1. The molecule has 0 fully saturated rings. The van der Waals surface area contributed by atoms with Gasteiger partial charge in [-0.05, 0) is 36.4 Å². The molecule has 0 aliphatic rings. The minimum atomic E-state index is -4.81. The molecule has 0 heterocycles. The van der Waals surface area contributed by atoms with E-state index in [9.17, 15) is 18.0 Å². The predicted molar refractivity (Wildman–Crippen MR) is 75.5 cm³/mol. The molecule has 0 saturated carbocycles. The van der Waals surface area contributed by atoms with Gasteiger partial charge in [-0.1, -0.05) is 18.1 Å². The van der Waals surface area contributed by atoms with Crippen molar-refractivity contribution in [2.75, 3.05) is 5.32 Å². The van der Waals surface area contributed by atoms with Crippen LogP contribution in [0.25, 0.3) is 0 Å². The molecule has 6 heteroatoms. The van der Waals surface area contributed by atoms with Gasteiger partial charge in [-0.15, -0.1) is 19.6 Å². The highest BCUT2D eigenvalue weighted by atomic mass is 19.4. The Hall–Kier alpha value is -2.94. The number of ether oxygens (including phenoxy) is 1. The first-order chi connectivity index (χ1) is 10.4. The first kappa shape index (κ1) is 15.4. The molecule has 3 nitrogen and oxygen atoms in total. The van der Waals surface area contributed by atoms with E-state index < -0.39 is 18.0 Å². The Morgan fingerprint density at radius 1 is 1.14 bits per heavy atom. The van der Waals surface area contributed by atoms with Crippen LogP contribution < -0.4 is 10.1 Å². The lowest BCUT2D eigenvalue weighted by molar-refractivity contribution is -0.274. The highest BCUT2D eigenvalue weighted by Gasteiger charge is 2.31. The molecule has 1 amide bonds. The average molecular weight is 305 g/mol. The van der Waals surface area contributed by atoms with E-state index in [2.05, 4.69) is 16.0 Å². The average Bonchev–Trinajstić information content (AvgIpc) is 2.46. The third-order valence-electron chi connectivity index (χ3n) is 2.62. The van der Waals surface area contributed by atoms with Crippen molar-refractivity contribution >= 4 is 11.6 Å². The van der Waals surface area contributed by atoms with E-state index in [1.165, 1.54) is 12.1 Å². The van der Waals surface area contributed by atoms with Gasteiger partial charge in [0.1, 0.15) is 5.75 Å². The number of benzene rings is 2. The number of amides is 1. The van der Waals surface area contributed by atoms with Gasteiger partial charge >= 0.3 is 6.36 Å². The smallest absolute Gasteiger partial charge is 0.406 e. The van der Waals surface area contributed by atoms with Crippen LogP contribution in [-0.2, 0) is 0 Å². The first-order valence-electron chi connectivity index (χ1n) is 6.11. The summed E-state index contributed by atoms with van der Waals surface area (Å²) in [5.74, 6) is 1.39. The normalized spacial score (nSPS) is 10.6. The number of anilines is 1. The number of hydrogen-bond donors (Lipinski definition) is 1. The van der Waals surface area contributed by atoms with E-state index in [0.29, 0.717) is 11.3 Å². The summed E-state index contributed by atoms with van der Waals surface area (Å²) in [5.41, 5.74) is 1.06. The van der Waals surface area contributed by atoms with Crippen molar-refractivity contribution in [2.24, 2.45) is 0 Å². The first-order valence-corrected chi connectivity index (χ1v) is 6.11. The molecule has 22 heavy (non-hydrogen) atoms. The van der Waals surface area contributed by atoms with Crippen molar-refractivity contribution in [3.05, 3.63) is 59.7 Å². The molecular formula is C16H10F3NO2. The molecule has 0 atom stereocenters. The highest BCUT2D eigenvalue weighted by Crippen LogP contribution is 2.23. The zero-order valence-corrected chi connectivity index (χ0v) is 11.1. The van der Waals surface area contributed by atoms with Gasteiger partial charge in [0, 0.05) is 16.8 Å². The van der Waals surface area contributed by atoms with Crippen molar-refractivity contribution in [3.8, 4) is 18.1 Å². The van der Waals surface area contributed by atoms with E-state index in [1.807, 2.05) is 0 Å². The fraction of sp³-hybridized carbons (Fsp3) is 0.0625. The highest BCUT2D eigenvalue weighted by molar-refractivity contribution is 6.04. The molecule has 0 saturated heterocycles. The van der Waals surface area contributed by atoms with E-state index in [1.54, 1.807) is 24.3 Å². The maximum atomic E-state index is 12.2. The Kier molecular flexibility index (Phi) is 4.37. The Morgan fingerprint density at radius 2 is 1.86 bits per heavy atom. The molecule has 0 bridgehead atoms. The molecule has 1 N–H and O–H groups in total. The Balaban J connectivity index is 2.16. The van der Waals surface area contributed by atoms with Gasteiger partial charge in [0.05, 0.1) is 0 Å². The van der Waals surface area contributed by atoms with Gasteiger partial charge in [0.15, 0.2) is 0 Å². The monoisotopic (exact) mass is 305 g/mol. The van der Waals surface area contributed by atoms with Gasteiger partial charge in [-0.3, -0.25) is 4.79 Å². The summed E-state index contributed by atoms with van der Waals surface area (Å²) in [6, 6.07) is 11.3. The second kappa shape index (κ2) is 6.22. The predicted octanol–water partition coefficient (Wildman–Crippen LogP) is 3.82. The minimum absolute atomic E-state index is 0.0351. The number of carbonyl (C=O) groups is 1. The van der Waals surface area contributed by atoms with Crippen LogP contribution in [0.2, 0.25) is 0 Å². The fourth-order valence-electron chi connectivity index (χ4n) is 1.72. The number of nitrogens with one attached hydrogen (secondary N) is 1. The summed E-state index contributed by atoms with van der Waals surface area (Å²) in [5, 5.41) is 2.55. The van der Waals surface area contributed by atoms with Crippen molar-refractivity contribution in [3.63, 3.8) is 0 Å². The van der Waals surface area contributed by atoms with Crippen LogP contribution in [0.3, 0.4) is 0 Å². The number of halogens is 3. The molecule has 112 valence electrons. The zero-order chi connectivity index (χ0) is 16.2. The molecule has 2 aromatic rings. The standard InChI is InChI=1S/C16H10F3NO2/c1-2-11-5-3-7-13(9-11)20-15(21)12-6-4-8-14(10-12)22-16(17,18)19/h1,3-10H,(H,20,21). The van der Waals surface area contributed by atoms with Crippen molar-refractivity contribution in [1.29, 1.82) is 0 Å². The largest absolute Gasteiger partial charge is 0.573 e. The minimum Gasteiger partial charge on any atom is -0.406 e. The van der Waals surface area contributed by atoms with E-state index >= 15 is 0 Å². The molecule has 0 aromatic heterocycles. The third kappa shape index (κ3) is 4.28. The Morgan fingerprint density at radius 3 is 2.55 bits per heavy atom. The van der Waals surface area contributed by atoms with Gasteiger partial charge in [-0.25, -0.2) is 0 Å². The summed E-state index contributed by atoms with van der Waals surface area (Å²) in [6.45, 7) is 0. The van der Waals surface area contributed by atoms with E-state index in [-0.39, 0.29) is 5.56 Å². The van der Waals surface area contributed by atoms with Crippen LogP contribution in [0, 0.1) is 12.3 Å². The number of terminal acetylenes is 1. The van der Waals surface area contributed by atoms with Gasteiger partial charge in [0.25, 0.3) is 5.91 Å². The number of hydrogen-bond acceptors (Lipinski definition) is 2. The summed E-state index contributed by atoms with van der Waals surface area (Å²) >= 11 is 0. The third-order valence-corrected chi connectivity index (χ3v) is 2.62. The maximum absolute atomic E-state index is 12.2. The summed E-state index contributed by atoms with van der Waals surface area (Å²) in [4.78, 5) is 12.0. The lowest BCUT2D eigenvalue weighted by atomic mass is 10.1. The lowest BCUT2D eigenvalue weighted by Gasteiger charge is -2.10. The topological polar surface area (TPSA) is 38.3 Å². The molecule has 0 spiro atoms. The molecule has 0 aliphatic heterocycles. The van der Waals surface area contributed by atoms with E-state index in [0.717, 1.165) is 12.1 Å². The Labute approximate surface area is 124 Å². The van der Waals surface area contributed by atoms with Gasteiger partial charge in [0.2, 0.25) is 0 Å². The molecule has 2 aromatic carbocycles.